The van der Waals surface area contributed by atoms with Gasteiger partial charge >= 0.3 is 0 Å². The van der Waals surface area contributed by atoms with Gasteiger partial charge in [-0.05, 0) is 48.7 Å². The molecule has 0 saturated heterocycles. The van der Waals surface area contributed by atoms with Crippen LogP contribution in [0.4, 0.5) is 0 Å². The summed E-state index contributed by atoms with van der Waals surface area (Å²) < 4.78 is 15.4. The van der Waals surface area contributed by atoms with Gasteiger partial charge in [0.15, 0.2) is 0 Å². The van der Waals surface area contributed by atoms with Gasteiger partial charge < -0.3 is 14.8 Å². The second kappa shape index (κ2) is 6.46. The van der Waals surface area contributed by atoms with Crippen LogP contribution in [0, 0.1) is 6.92 Å². The zero-order valence-electron chi connectivity index (χ0n) is 12.3. The summed E-state index contributed by atoms with van der Waals surface area (Å²) in [6.45, 7) is 3.15. The van der Waals surface area contributed by atoms with Crippen LogP contribution in [0.5, 0.6) is 11.6 Å². The molecule has 0 atom stereocenters. The molecule has 2 aromatic rings. The van der Waals surface area contributed by atoms with Gasteiger partial charge in [-0.3, -0.25) is 4.79 Å². The van der Waals surface area contributed by atoms with E-state index in [-0.39, 0.29) is 5.91 Å². The molecule has 1 N–H and O–H groups in total. The fourth-order valence-corrected chi connectivity index (χ4v) is 2.27. The van der Waals surface area contributed by atoms with E-state index < -0.39 is 0 Å². The van der Waals surface area contributed by atoms with E-state index in [9.17, 15) is 4.79 Å². The molecule has 22 heavy (non-hydrogen) atoms. The minimum absolute atomic E-state index is 0.132. The van der Waals surface area contributed by atoms with Gasteiger partial charge in [0.25, 0.3) is 11.8 Å². The maximum atomic E-state index is 12.1. The van der Waals surface area contributed by atoms with Gasteiger partial charge in [0, 0.05) is 5.56 Å². The lowest BCUT2D eigenvalue weighted by Crippen LogP contribution is -2.28. The van der Waals surface area contributed by atoms with E-state index >= 15 is 0 Å². The lowest BCUT2D eigenvalue weighted by atomic mass is 10.0. The fourth-order valence-electron chi connectivity index (χ4n) is 2.27. The van der Waals surface area contributed by atoms with Crippen molar-refractivity contribution in [1.82, 2.24) is 15.6 Å². The molecular weight excluding hydrogens is 286 g/mol. The molecule has 0 unspecified atom stereocenters. The number of amides is 1. The summed E-state index contributed by atoms with van der Waals surface area (Å²) >= 11 is 0. The topological polar surface area (TPSA) is 86.5 Å². The Hall–Kier alpha value is -2.57. The second-order valence-electron chi connectivity index (χ2n) is 5.03. The molecule has 1 aliphatic heterocycles. The van der Waals surface area contributed by atoms with Crippen molar-refractivity contribution in [2.24, 2.45) is 0 Å². The second-order valence-corrected chi connectivity index (χ2v) is 5.03. The van der Waals surface area contributed by atoms with Gasteiger partial charge in [0.1, 0.15) is 18.1 Å². The Morgan fingerprint density at radius 2 is 2.32 bits per heavy atom. The summed E-state index contributed by atoms with van der Waals surface area (Å²) in [5.41, 5.74) is 2.30. The number of ether oxygens (including phenoxy) is 2. The number of rotatable bonds is 5. The minimum Gasteiger partial charge on any atom is -0.493 e. The van der Waals surface area contributed by atoms with Crippen LogP contribution in [0.15, 0.2) is 22.8 Å². The van der Waals surface area contributed by atoms with E-state index in [0.29, 0.717) is 30.3 Å². The highest BCUT2D eigenvalue weighted by Gasteiger charge is 2.13. The maximum absolute atomic E-state index is 12.1. The molecule has 1 aliphatic rings. The Morgan fingerprint density at radius 3 is 3.14 bits per heavy atom. The predicted molar refractivity (Wildman–Crippen MR) is 77.1 cm³/mol. The van der Waals surface area contributed by atoms with Crippen molar-refractivity contribution in [2.45, 2.75) is 19.8 Å². The number of nitrogens with zero attached hydrogens (tertiary/aromatic N) is 2. The van der Waals surface area contributed by atoms with Crippen molar-refractivity contribution >= 4 is 5.91 Å². The first-order valence-electron chi connectivity index (χ1n) is 7.20. The smallest absolute Gasteiger partial charge is 0.278 e. The highest BCUT2D eigenvalue weighted by molar-refractivity contribution is 5.94. The minimum atomic E-state index is -0.132. The molecule has 2 heterocycles. The number of carbonyl (C=O) groups is 1. The van der Waals surface area contributed by atoms with E-state index in [0.717, 1.165) is 30.8 Å². The van der Waals surface area contributed by atoms with E-state index in [1.165, 1.54) is 0 Å². The summed E-state index contributed by atoms with van der Waals surface area (Å²) in [7, 11) is 0. The van der Waals surface area contributed by atoms with Crippen LogP contribution >= 0.6 is 0 Å². The molecule has 0 radical (unpaired) electrons. The van der Waals surface area contributed by atoms with Crippen LogP contribution in [0.2, 0.25) is 0 Å². The van der Waals surface area contributed by atoms with E-state index in [1.807, 2.05) is 12.1 Å². The fraction of sp³-hybridized carbons (Fsp3) is 0.400. The first-order chi connectivity index (χ1) is 10.7. The molecule has 0 saturated carbocycles. The molecule has 0 bridgehead atoms. The van der Waals surface area contributed by atoms with Crippen LogP contribution < -0.4 is 14.8 Å². The number of carbonyl (C=O) groups excluding carboxylic acids is 1. The van der Waals surface area contributed by atoms with Crippen molar-refractivity contribution in [3.05, 3.63) is 35.0 Å². The van der Waals surface area contributed by atoms with Gasteiger partial charge in [0.2, 0.25) is 0 Å². The van der Waals surface area contributed by atoms with Crippen LogP contribution in [-0.2, 0) is 6.42 Å². The number of hydrogen-bond donors (Lipinski definition) is 1. The number of benzene rings is 1. The Bertz CT molecular complexity index is 669. The number of nitrogens with one attached hydrogen (secondary N) is 1. The lowest BCUT2D eigenvalue weighted by Gasteiger charge is -2.17. The van der Waals surface area contributed by atoms with Crippen molar-refractivity contribution in [1.29, 1.82) is 0 Å². The highest BCUT2D eigenvalue weighted by atomic mass is 16.6. The summed E-state index contributed by atoms with van der Waals surface area (Å²) in [4.78, 5) is 12.1. The monoisotopic (exact) mass is 303 g/mol. The highest BCUT2D eigenvalue weighted by Crippen LogP contribution is 2.25. The van der Waals surface area contributed by atoms with Crippen molar-refractivity contribution < 1.29 is 18.9 Å². The van der Waals surface area contributed by atoms with Gasteiger partial charge in [0.05, 0.1) is 13.2 Å². The van der Waals surface area contributed by atoms with E-state index in [1.54, 1.807) is 13.0 Å². The summed E-state index contributed by atoms with van der Waals surface area (Å²) in [6, 6.07) is 5.51. The third-order valence-electron chi connectivity index (χ3n) is 3.41. The number of aryl methyl sites for hydroxylation is 2. The van der Waals surface area contributed by atoms with Gasteiger partial charge in [-0.1, -0.05) is 5.16 Å². The SMILES string of the molecule is Cc1nonc1OCCNC(=O)c1ccc2c(c1)CCCO2. The Morgan fingerprint density at radius 1 is 1.41 bits per heavy atom. The normalized spacial score (nSPS) is 13.1. The zero-order chi connectivity index (χ0) is 15.4. The first kappa shape index (κ1) is 14.4. The van der Waals surface area contributed by atoms with E-state index in [2.05, 4.69) is 20.3 Å². The van der Waals surface area contributed by atoms with Crippen LogP contribution in [0.3, 0.4) is 0 Å². The number of fused-ring (bicyclic) bond motifs is 1. The molecule has 7 nitrogen and oxygen atoms in total. The predicted octanol–water partition coefficient (Wildman–Crippen LogP) is 1.51. The molecule has 0 aliphatic carbocycles. The number of hydrogen-bond acceptors (Lipinski definition) is 6. The van der Waals surface area contributed by atoms with Crippen molar-refractivity contribution in [3.8, 4) is 11.6 Å². The summed E-state index contributed by atoms with van der Waals surface area (Å²) in [5, 5.41) is 10.0. The van der Waals surface area contributed by atoms with Crippen LogP contribution in [-0.4, -0.2) is 36.0 Å². The quantitative estimate of drug-likeness (QED) is 0.843. The zero-order valence-corrected chi connectivity index (χ0v) is 12.3. The third-order valence-corrected chi connectivity index (χ3v) is 3.41. The first-order valence-corrected chi connectivity index (χ1v) is 7.20. The molecule has 1 aromatic carbocycles. The maximum Gasteiger partial charge on any atom is 0.278 e. The van der Waals surface area contributed by atoms with Crippen molar-refractivity contribution in [2.75, 3.05) is 19.8 Å². The van der Waals surface area contributed by atoms with Gasteiger partial charge in [-0.2, -0.15) is 0 Å². The number of aromatic nitrogens is 2. The Balaban J connectivity index is 1.50. The Labute approximate surface area is 127 Å². The largest absolute Gasteiger partial charge is 0.493 e. The van der Waals surface area contributed by atoms with E-state index in [4.69, 9.17) is 9.47 Å². The lowest BCUT2D eigenvalue weighted by molar-refractivity contribution is 0.0946. The average Bonchev–Trinajstić information content (AvgIpc) is 2.96. The Kier molecular flexibility index (Phi) is 4.22. The van der Waals surface area contributed by atoms with Crippen LogP contribution in [0.1, 0.15) is 28.0 Å². The van der Waals surface area contributed by atoms with Crippen molar-refractivity contribution in [3.63, 3.8) is 0 Å². The average molecular weight is 303 g/mol. The molecular formula is C15H17N3O4. The molecule has 116 valence electrons. The molecule has 7 heteroatoms. The van der Waals surface area contributed by atoms with Crippen LogP contribution in [0.25, 0.3) is 0 Å². The third kappa shape index (κ3) is 3.19. The van der Waals surface area contributed by atoms with Gasteiger partial charge in [-0.15, -0.1) is 0 Å². The molecule has 0 fully saturated rings. The molecule has 1 amide bonds. The van der Waals surface area contributed by atoms with Gasteiger partial charge in [-0.25, -0.2) is 4.63 Å². The summed E-state index contributed by atoms with van der Waals surface area (Å²) in [6.07, 6.45) is 1.93. The molecule has 3 rings (SSSR count). The summed E-state index contributed by atoms with van der Waals surface area (Å²) in [5.74, 6) is 1.09. The standard InChI is InChI=1S/C15H17N3O4/c1-10-15(18-22-17-10)21-8-6-16-14(19)12-4-5-13-11(9-12)3-2-7-20-13/h4-5,9H,2-3,6-8H2,1H3,(H,16,19). The molecule has 1 aromatic heterocycles. The molecule has 0 spiro atoms.